The number of carbonyl (C=O) groups is 1. The zero-order valence-electron chi connectivity index (χ0n) is 7.19. The van der Waals surface area contributed by atoms with E-state index in [1.807, 2.05) is 0 Å². The third-order valence-corrected chi connectivity index (χ3v) is 1.34. The number of rotatable bonds is 3. The van der Waals surface area contributed by atoms with Crippen molar-refractivity contribution in [3.05, 3.63) is 31.1 Å². The highest BCUT2D eigenvalue weighted by atomic mass is 16.6. The van der Waals surface area contributed by atoms with Crippen molar-refractivity contribution < 1.29 is 14.3 Å². The van der Waals surface area contributed by atoms with Gasteiger partial charge in [0.05, 0.1) is 13.3 Å². The average Bonchev–Trinajstić information content (AvgIpc) is 2.18. The molecule has 0 N–H and O–H groups in total. The second kappa shape index (κ2) is 4.25. The van der Waals surface area contributed by atoms with Crippen LogP contribution in [0.2, 0.25) is 0 Å². The van der Waals surface area contributed by atoms with Crippen molar-refractivity contribution in [2.24, 2.45) is 0 Å². The Labute approximate surface area is 75.8 Å². The van der Waals surface area contributed by atoms with Gasteiger partial charge in [-0.15, -0.1) is 0 Å². The molecule has 0 aliphatic rings. The number of hydrogen-bond acceptors (Lipinski definition) is 4. The van der Waals surface area contributed by atoms with Crippen molar-refractivity contribution in [2.45, 2.75) is 0 Å². The molecule has 0 saturated heterocycles. The molecule has 68 valence electrons. The lowest BCUT2D eigenvalue weighted by atomic mass is 10.4. The van der Waals surface area contributed by atoms with Gasteiger partial charge in [-0.2, -0.15) is 0 Å². The van der Waals surface area contributed by atoms with Crippen LogP contribution in [-0.2, 0) is 4.79 Å². The summed E-state index contributed by atoms with van der Waals surface area (Å²) in [5, 5.41) is 0. The van der Waals surface area contributed by atoms with Gasteiger partial charge in [-0.25, -0.2) is 4.79 Å². The van der Waals surface area contributed by atoms with Crippen LogP contribution in [0.3, 0.4) is 0 Å². The largest absolute Gasteiger partial charge is 0.491 e. The van der Waals surface area contributed by atoms with Crippen LogP contribution in [-0.4, -0.2) is 18.1 Å². The van der Waals surface area contributed by atoms with Gasteiger partial charge < -0.3 is 9.47 Å². The predicted octanol–water partition coefficient (Wildman–Crippen LogP) is 1.18. The molecular weight excluding hydrogens is 170 g/mol. The van der Waals surface area contributed by atoms with E-state index in [0.29, 0.717) is 11.5 Å². The average molecular weight is 179 g/mol. The molecule has 13 heavy (non-hydrogen) atoms. The van der Waals surface area contributed by atoms with Crippen molar-refractivity contribution in [2.75, 3.05) is 7.11 Å². The van der Waals surface area contributed by atoms with Gasteiger partial charge in [-0.1, -0.05) is 6.58 Å². The van der Waals surface area contributed by atoms with Crippen LogP contribution in [0, 0.1) is 0 Å². The lowest BCUT2D eigenvalue weighted by Gasteiger charge is -2.05. The van der Waals surface area contributed by atoms with Crippen LogP contribution in [0.4, 0.5) is 0 Å². The number of aromatic nitrogens is 1. The minimum Gasteiger partial charge on any atom is -0.491 e. The summed E-state index contributed by atoms with van der Waals surface area (Å²) in [5.74, 6) is 0.226. The molecule has 0 aliphatic heterocycles. The zero-order valence-corrected chi connectivity index (χ0v) is 7.19. The van der Waals surface area contributed by atoms with Gasteiger partial charge in [0.2, 0.25) is 0 Å². The monoisotopic (exact) mass is 179 g/mol. The Morgan fingerprint density at radius 2 is 2.38 bits per heavy atom. The Morgan fingerprint density at radius 3 is 3.00 bits per heavy atom. The third kappa shape index (κ3) is 2.30. The molecule has 0 atom stereocenters. The first-order valence-corrected chi connectivity index (χ1v) is 3.60. The molecule has 4 heteroatoms. The minimum atomic E-state index is -0.524. The molecular formula is C9H9NO3. The maximum atomic E-state index is 10.8. The summed E-state index contributed by atoms with van der Waals surface area (Å²) < 4.78 is 9.78. The molecule has 0 amide bonds. The summed E-state index contributed by atoms with van der Waals surface area (Å²) in [6, 6.07) is 1.54. The SMILES string of the molecule is C=CC(=O)Oc1ccncc1OC. The number of nitrogens with zero attached hydrogens (tertiary/aromatic N) is 1. The second-order valence-electron chi connectivity index (χ2n) is 2.15. The molecule has 0 radical (unpaired) electrons. The predicted molar refractivity (Wildman–Crippen MR) is 46.6 cm³/mol. The van der Waals surface area contributed by atoms with Crippen molar-refractivity contribution in [3.8, 4) is 11.5 Å². The number of ether oxygens (including phenoxy) is 2. The summed E-state index contributed by atoms with van der Waals surface area (Å²) in [7, 11) is 1.47. The van der Waals surface area contributed by atoms with Crippen LogP contribution in [0.5, 0.6) is 11.5 Å². The molecule has 0 spiro atoms. The molecule has 0 fully saturated rings. The number of carbonyl (C=O) groups excluding carboxylic acids is 1. The summed E-state index contributed by atoms with van der Waals surface area (Å²) in [6.07, 6.45) is 4.06. The van der Waals surface area contributed by atoms with Crippen molar-refractivity contribution in [3.63, 3.8) is 0 Å². The van der Waals surface area contributed by atoms with Gasteiger partial charge >= 0.3 is 5.97 Å². The summed E-state index contributed by atoms with van der Waals surface area (Å²) in [4.78, 5) is 14.6. The molecule has 0 unspecified atom stereocenters. The minimum absolute atomic E-state index is 0.336. The lowest BCUT2D eigenvalue weighted by Crippen LogP contribution is -2.04. The highest BCUT2D eigenvalue weighted by Gasteiger charge is 2.05. The standard InChI is InChI=1S/C9H9NO3/c1-3-9(11)13-7-4-5-10-6-8(7)12-2/h3-6H,1H2,2H3. The Bertz CT molecular complexity index is 322. The first kappa shape index (κ1) is 9.25. The van der Waals surface area contributed by atoms with E-state index < -0.39 is 5.97 Å². The number of esters is 1. The van der Waals surface area contributed by atoms with Crippen molar-refractivity contribution in [1.82, 2.24) is 4.98 Å². The Balaban J connectivity index is 2.86. The van der Waals surface area contributed by atoms with Crippen molar-refractivity contribution in [1.29, 1.82) is 0 Å². The fourth-order valence-electron chi connectivity index (χ4n) is 0.755. The summed E-state index contributed by atoms with van der Waals surface area (Å²) >= 11 is 0. The van der Waals surface area contributed by atoms with Crippen LogP contribution in [0.1, 0.15) is 0 Å². The summed E-state index contributed by atoms with van der Waals surface area (Å²) in [6.45, 7) is 3.28. The normalized spacial score (nSPS) is 9.00. The topological polar surface area (TPSA) is 48.4 Å². The quantitative estimate of drug-likeness (QED) is 0.516. The molecule has 4 nitrogen and oxygen atoms in total. The van der Waals surface area contributed by atoms with E-state index in [0.717, 1.165) is 6.08 Å². The maximum Gasteiger partial charge on any atom is 0.335 e. The molecule has 0 aliphatic carbocycles. The van der Waals surface area contributed by atoms with Gasteiger partial charge in [0.15, 0.2) is 11.5 Å². The molecule has 1 rings (SSSR count). The first-order chi connectivity index (χ1) is 6.27. The molecule has 0 bridgehead atoms. The molecule has 0 aromatic carbocycles. The summed E-state index contributed by atoms with van der Waals surface area (Å²) in [5.41, 5.74) is 0. The van der Waals surface area contributed by atoms with Gasteiger partial charge in [-0.05, 0) is 0 Å². The van der Waals surface area contributed by atoms with Gasteiger partial charge in [0, 0.05) is 18.3 Å². The third-order valence-electron chi connectivity index (χ3n) is 1.34. The van der Waals surface area contributed by atoms with E-state index in [9.17, 15) is 4.79 Å². The van der Waals surface area contributed by atoms with Gasteiger partial charge in [0.1, 0.15) is 0 Å². The van der Waals surface area contributed by atoms with Crippen LogP contribution in [0.15, 0.2) is 31.1 Å². The van der Waals surface area contributed by atoms with E-state index in [4.69, 9.17) is 9.47 Å². The molecule has 1 heterocycles. The fraction of sp³-hybridized carbons (Fsp3) is 0.111. The smallest absolute Gasteiger partial charge is 0.335 e. The maximum absolute atomic E-state index is 10.8. The zero-order chi connectivity index (χ0) is 9.68. The van der Waals surface area contributed by atoms with E-state index in [1.54, 1.807) is 6.07 Å². The van der Waals surface area contributed by atoms with Crippen molar-refractivity contribution >= 4 is 5.97 Å². The second-order valence-corrected chi connectivity index (χ2v) is 2.15. The molecule has 1 aromatic rings. The van der Waals surface area contributed by atoms with E-state index in [1.165, 1.54) is 19.5 Å². The van der Waals surface area contributed by atoms with E-state index in [2.05, 4.69) is 11.6 Å². The Kier molecular flexibility index (Phi) is 3.03. The molecule has 0 saturated carbocycles. The fourth-order valence-corrected chi connectivity index (χ4v) is 0.755. The number of hydrogen-bond donors (Lipinski definition) is 0. The Morgan fingerprint density at radius 1 is 1.62 bits per heavy atom. The highest BCUT2D eigenvalue weighted by molar-refractivity contribution is 5.83. The van der Waals surface area contributed by atoms with Crippen LogP contribution < -0.4 is 9.47 Å². The Hall–Kier alpha value is -1.84. The number of methoxy groups -OCH3 is 1. The van der Waals surface area contributed by atoms with Gasteiger partial charge in [0.25, 0.3) is 0 Å². The highest BCUT2D eigenvalue weighted by Crippen LogP contribution is 2.24. The first-order valence-electron chi connectivity index (χ1n) is 3.60. The van der Waals surface area contributed by atoms with Crippen LogP contribution in [0.25, 0.3) is 0 Å². The van der Waals surface area contributed by atoms with E-state index in [-0.39, 0.29) is 0 Å². The lowest BCUT2D eigenvalue weighted by molar-refractivity contribution is -0.129. The van der Waals surface area contributed by atoms with Crippen LogP contribution >= 0.6 is 0 Å². The van der Waals surface area contributed by atoms with E-state index >= 15 is 0 Å². The molecule has 1 aromatic heterocycles. The number of pyridine rings is 1. The van der Waals surface area contributed by atoms with Gasteiger partial charge in [-0.3, -0.25) is 4.98 Å².